The van der Waals surface area contributed by atoms with E-state index in [2.05, 4.69) is 4.37 Å². The van der Waals surface area contributed by atoms with E-state index < -0.39 is 0 Å². The van der Waals surface area contributed by atoms with Crippen LogP contribution in [0, 0.1) is 6.92 Å². The molecule has 0 N–H and O–H groups in total. The third-order valence-corrected chi connectivity index (χ3v) is 2.73. The van der Waals surface area contributed by atoms with Gasteiger partial charge in [0, 0.05) is 11.8 Å². The second-order valence-electron chi connectivity index (χ2n) is 3.47. The Kier molecular flexibility index (Phi) is 2.92. The molecule has 0 fully saturated rings. The molecule has 0 amide bonds. The van der Waals surface area contributed by atoms with Crippen molar-refractivity contribution in [3.63, 3.8) is 0 Å². The summed E-state index contributed by atoms with van der Waals surface area (Å²) in [7, 11) is 0. The monoisotopic (exact) mass is 217 g/mol. The summed E-state index contributed by atoms with van der Waals surface area (Å²) >= 11 is 1.31. The van der Waals surface area contributed by atoms with Gasteiger partial charge < -0.3 is 0 Å². The molecule has 0 unspecified atom stereocenters. The fourth-order valence-electron chi connectivity index (χ4n) is 1.45. The number of nitrogens with zero attached hydrogens (tertiary/aromatic N) is 1. The van der Waals surface area contributed by atoms with E-state index in [-0.39, 0.29) is 5.78 Å². The van der Waals surface area contributed by atoms with Crippen LogP contribution in [0.2, 0.25) is 0 Å². The lowest BCUT2D eigenvalue weighted by molar-refractivity contribution is 0.0989. The molecule has 15 heavy (non-hydrogen) atoms. The smallest absolute Gasteiger partial charge is 0.186 e. The van der Waals surface area contributed by atoms with Crippen LogP contribution in [-0.4, -0.2) is 10.2 Å². The highest BCUT2D eigenvalue weighted by atomic mass is 32.1. The standard InChI is InChI=1S/C12H11NOS/c1-9-3-2-4-10(7-9)8-12(14)11-5-6-15-13-11/h2-7H,8H2,1H3. The first-order chi connectivity index (χ1) is 7.25. The summed E-state index contributed by atoms with van der Waals surface area (Å²) in [4.78, 5) is 11.7. The highest BCUT2D eigenvalue weighted by Gasteiger charge is 2.08. The third kappa shape index (κ3) is 2.50. The van der Waals surface area contributed by atoms with Gasteiger partial charge in [0.25, 0.3) is 0 Å². The Morgan fingerprint density at radius 2 is 2.27 bits per heavy atom. The average molecular weight is 217 g/mol. The molecule has 2 aromatic rings. The molecule has 0 bridgehead atoms. The maximum absolute atomic E-state index is 11.7. The summed E-state index contributed by atoms with van der Waals surface area (Å²) in [6.45, 7) is 2.02. The third-order valence-electron chi connectivity index (χ3n) is 2.17. The maximum Gasteiger partial charge on any atom is 0.186 e. The van der Waals surface area contributed by atoms with Gasteiger partial charge in [-0.15, -0.1) is 0 Å². The number of rotatable bonds is 3. The quantitative estimate of drug-likeness (QED) is 0.740. The zero-order chi connectivity index (χ0) is 10.7. The van der Waals surface area contributed by atoms with Crippen LogP contribution in [0.15, 0.2) is 35.7 Å². The van der Waals surface area contributed by atoms with Gasteiger partial charge in [-0.25, -0.2) is 0 Å². The molecular formula is C12H11NOS. The number of hydrogen-bond acceptors (Lipinski definition) is 3. The van der Waals surface area contributed by atoms with Crippen LogP contribution in [0.1, 0.15) is 21.6 Å². The first-order valence-electron chi connectivity index (χ1n) is 4.75. The van der Waals surface area contributed by atoms with Gasteiger partial charge in [0.15, 0.2) is 5.78 Å². The van der Waals surface area contributed by atoms with E-state index in [0.717, 1.165) is 5.56 Å². The molecule has 3 heteroatoms. The van der Waals surface area contributed by atoms with E-state index in [1.807, 2.05) is 36.6 Å². The lowest BCUT2D eigenvalue weighted by Gasteiger charge is -1.99. The van der Waals surface area contributed by atoms with Crippen LogP contribution in [-0.2, 0) is 6.42 Å². The molecule has 0 aliphatic carbocycles. The first-order valence-corrected chi connectivity index (χ1v) is 5.58. The van der Waals surface area contributed by atoms with Crippen LogP contribution in [0.5, 0.6) is 0 Å². The lowest BCUT2D eigenvalue weighted by Crippen LogP contribution is -2.03. The van der Waals surface area contributed by atoms with Gasteiger partial charge in [-0.3, -0.25) is 4.79 Å². The van der Waals surface area contributed by atoms with Crippen molar-refractivity contribution in [2.75, 3.05) is 0 Å². The zero-order valence-electron chi connectivity index (χ0n) is 8.43. The highest BCUT2D eigenvalue weighted by Crippen LogP contribution is 2.09. The molecule has 1 aromatic heterocycles. The molecule has 0 aliphatic rings. The fourth-order valence-corrected chi connectivity index (χ4v) is 1.98. The Morgan fingerprint density at radius 1 is 1.40 bits per heavy atom. The summed E-state index contributed by atoms with van der Waals surface area (Å²) < 4.78 is 4.03. The Bertz CT molecular complexity index is 462. The van der Waals surface area contributed by atoms with Crippen molar-refractivity contribution in [1.29, 1.82) is 0 Å². The van der Waals surface area contributed by atoms with Crippen molar-refractivity contribution in [2.24, 2.45) is 0 Å². The van der Waals surface area contributed by atoms with E-state index >= 15 is 0 Å². The van der Waals surface area contributed by atoms with Crippen molar-refractivity contribution in [3.05, 3.63) is 52.5 Å². The Balaban J connectivity index is 2.13. The minimum Gasteiger partial charge on any atom is -0.292 e. The van der Waals surface area contributed by atoms with Crippen molar-refractivity contribution < 1.29 is 4.79 Å². The van der Waals surface area contributed by atoms with Crippen molar-refractivity contribution in [3.8, 4) is 0 Å². The number of ketones is 1. The van der Waals surface area contributed by atoms with E-state index in [4.69, 9.17) is 0 Å². The molecule has 2 nitrogen and oxygen atoms in total. The predicted octanol–water partition coefficient (Wildman–Crippen LogP) is 2.88. The van der Waals surface area contributed by atoms with Gasteiger partial charge in [0.05, 0.1) is 0 Å². The highest BCUT2D eigenvalue weighted by molar-refractivity contribution is 7.03. The van der Waals surface area contributed by atoms with Gasteiger partial charge in [-0.1, -0.05) is 29.8 Å². The van der Waals surface area contributed by atoms with Gasteiger partial charge in [-0.05, 0) is 30.1 Å². The van der Waals surface area contributed by atoms with Gasteiger partial charge in [-0.2, -0.15) is 4.37 Å². The van der Waals surface area contributed by atoms with Crippen molar-refractivity contribution in [2.45, 2.75) is 13.3 Å². The average Bonchev–Trinajstić information content (AvgIpc) is 2.70. The summed E-state index contributed by atoms with van der Waals surface area (Å²) in [5, 5.41) is 1.82. The lowest BCUT2D eigenvalue weighted by atomic mass is 10.1. The van der Waals surface area contributed by atoms with Crippen molar-refractivity contribution >= 4 is 17.3 Å². The number of aryl methyl sites for hydroxylation is 1. The number of benzene rings is 1. The second kappa shape index (κ2) is 4.36. The number of carbonyl (C=O) groups excluding carboxylic acids is 1. The summed E-state index contributed by atoms with van der Waals surface area (Å²) in [6, 6.07) is 9.76. The van der Waals surface area contributed by atoms with Gasteiger partial charge in [0.2, 0.25) is 0 Å². The predicted molar refractivity (Wildman–Crippen MR) is 61.3 cm³/mol. The number of hydrogen-bond donors (Lipinski definition) is 0. The summed E-state index contributed by atoms with van der Waals surface area (Å²) in [6.07, 6.45) is 0.436. The number of aromatic nitrogens is 1. The molecule has 0 atom stereocenters. The van der Waals surface area contributed by atoms with Crippen LogP contribution >= 0.6 is 11.5 Å². The second-order valence-corrected chi connectivity index (χ2v) is 4.14. The van der Waals surface area contributed by atoms with Gasteiger partial charge in [0.1, 0.15) is 5.69 Å². The molecule has 0 saturated heterocycles. The van der Waals surface area contributed by atoms with Crippen molar-refractivity contribution in [1.82, 2.24) is 4.37 Å². The summed E-state index contributed by atoms with van der Waals surface area (Å²) in [5.41, 5.74) is 2.80. The molecule has 1 heterocycles. The largest absolute Gasteiger partial charge is 0.292 e. The summed E-state index contributed by atoms with van der Waals surface area (Å²) in [5.74, 6) is 0.0850. The van der Waals surface area contributed by atoms with E-state index in [0.29, 0.717) is 12.1 Å². The minimum absolute atomic E-state index is 0.0850. The molecule has 76 valence electrons. The molecular weight excluding hydrogens is 206 g/mol. The molecule has 0 radical (unpaired) electrons. The molecule has 0 spiro atoms. The van der Waals surface area contributed by atoms with Crippen LogP contribution in [0.3, 0.4) is 0 Å². The topological polar surface area (TPSA) is 30.0 Å². The van der Waals surface area contributed by atoms with Crippen LogP contribution in [0.25, 0.3) is 0 Å². The molecule has 0 aliphatic heterocycles. The Labute approximate surface area is 92.7 Å². The van der Waals surface area contributed by atoms with Crippen LogP contribution in [0.4, 0.5) is 0 Å². The van der Waals surface area contributed by atoms with E-state index in [1.165, 1.54) is 17.1 Å². The zero-order valence-corrected chi connectivity index (χ0v) is 9.25. The van der Waals surface area contributed by atoms with Crippen LogP contribution < -0.4 is 0 Å². The molecule has 1 aromatic carbocycles. The maximum atomic E-state index is 11.7. The van der Waals surface area contributed by atoms with E-state index in [9.17, 15) is 4.79 Å². The Hall–Kier alpha value is -1.48. The fraction of sp³-hybridized carbons (Fsp3) is 0.167. The normalized spacial score (nSPS) is 10.2. The number of carbonyl (C=O) groups is 1. The minimum atomic E-state index is 0.0850. The number of Topliss-reactive ketones (excluding diaryl/α,β-unsaturated/α-hetero) is 1. The molecule has 2 rings (SSSR count). The first kappa shape index (κ1) is 10.1. The Morgan fingerprint density at radius 3 is 2.93 bits per heavy atom. The van der Waals surface area contributed by atoms with Gasteiger partial charge >= 0.3 is 0 Å². The molecule has 0 saturated carbocycles. The SMILES string of the molecule is Cc1cccc(CC(=O)c2ccsn2)c1. The van der Waals surface area contributed by atoms with E-state index in [1.54, 1.807) is 6.07 Å².